The zero-order chi connectivity index (χ0) is 14.7. The SMILES string of the molecule is CCOc1cc(N(CC(=O)O)C2CC2)cc([N+](=O)[O-])c1. The van der Waals surface area contributed by atoms with Gasteiger partial charge in [0.25, 0.3) is 5.69 Å². The zero-order valence-electron chi connectivity index (χ0n) is 11.1. The highest BCUT2D eigenvalue weighted by molar-refractivity contribution is 5.75. The van der Waals surface area contributed by atoms with Crippen LogP contribution in [-0.2, 0) is 4.79 Å². The molecule has 0 saturated heterocycles. The number of carboxylic acids is 1. The first kappa shape index (κ1) is 14.1. The Hall–Kier alpha value is -2.31. The van der Waals surface area contributed by atoms with Gasteiger partial charge in [-0.1, -0.05) is 0 Å². The molecule has 0 aromatic heterocycles. The van der Waals surface area contributed by atoms with Gasteiger partial charge < -0.3 is 14.7 Å². The molecule has 1 fully saturated rings. The number of rotatable bonds is 7. The van der Waals surface area contributed by atoms with Crippen LogP contribution in [0.25, 0.3) is 0 Å². The largest absolute Gasteiger partial charge is 0.494 e. The smallest absolute Gasteiger partial charge is 0.323 e. The molecule has 1 aliphatic rings. The molecule has 0 bridgehead atoms. The van der Waals surface area contributed by atoms with Gasteiger partial charge in [-0.3, -0.25) is 14.9 Å². The molecule has 1 aliphatic carbocycles. The van der Waals surface area contributed by atoms with Gasteiger partial charge in [-0.15, -0.1) is 0 Å². The summed E-state index contributed by atoms with van der Waals surface area (Å²) in [5, 5.41) is 19.9. The van der Waals surface area contributed by atoms with E-state index >= 15 is 0 Å². The average molecular weight is 280 g/mol. The maximum atomic E-state index is 11.0. The van der Waals surface area contributed by atoms with Crippen molar-refractivity contribution in [2.45, 2.75) is 25.8 Å². The molecule has 7 nitrogen and oxygen atoms in total. The summed E-state index contributed by atoms with van der Waals surface area (Å²) in [5.74, 6) is -0.575. The van der Waals surface area contributed by atoms with E-state index in [1.807, 2.05) is 0 Å². The second-order valence-corrected chi connectivity index (χ2v) is 4.63. The summed E-state index contributed by atoms with van der Waals surface area (Å²) in [7, 11) is 0. The summed E-state index contributed by atoms with van der Waals surface area (Å²) in [6.07, 6.45) is 1.81. The summed E-state index contributed by atoms with van der Waals surface area (Å²) in [6.45, 7) is 2.01. The van der Waals surface area contributed by atoms with E-state index in [1.165, 1.54) is 12.1 Å². The number of ether oxygens (including phenoxy) is 1. The number of carboxylic acid groups (broad SMARTS) is 1. The molecule has 1 saturated carbocycles. The molecule has 1 aromatic carbocycles. The van der Waals surface area contributed by atoms with Gasteiger partial charge in [-0.2, -0.15) is 0 Å². The number of aliphatic carboxylic acids is 1. The van der Waals surface area contributed by atoms with E-state index in [1.54, 1.807) is 17.9 Å². The summed E-state index contributed by atoms with van der Waals surface area (Å²) < 4.78 is 5.31. The number of benzene rings is 1. The standard InChI is InChI=1S/C13H16N2O5/c1-2-20-12-6-10(5-11(7-12)15(18)19)14(8-13(16)17)9-3-4-9/h5-7,9H,2-4,8H2,1H3,(H,16,17). The van der Waals surface area contributed by atoms with Crippen LogP contribution < -0.4 is 9.64 Å². The lowest BCUT2D eigenvalue weighted by Gasteiger charge is -2.22. The van der Waals surface area contributed by atoms with Gasteiger partial charge in [0.1, 0.15) is 12.3 Å². The highest BCUT2D eigenvalue weighted by Gasteiger charge is 2.31. The summed E-state index contributed by atoms with van der Waals surface area (Å²) in [6, 6.07) is 4.53. The van der Waals surface area contributed by atoms with Gasteiger partial charge in [-0.05, 0) is 19.8 Å². The molecule has 1 N–H and O–H groups in total. The number of nitrogens with zero attached hydrogens (tertiary/aromatic N) is 2. The zero-order valence-corrected chi connectivity index (χ0v) is 11.1. The van der Waals surface area contributed by atoms with Crippen molar-refractivity contribution in [3.8, 4) is 5.75 Å². The molecule has 20 heavy (non-hydrogen) atoms. The van der Waals surface area contributed by atoms with E-state index in [0.717, 1.165) is 12.8 Å². The Morgan fingerprint density at radius 2 is 2.20 bits per heavy atom. The molecule has 1 aromatic rings. The third-order valence-electron chi connectivity index (χ3n) is 3.02. The minimum atomic E-state index is -0.957. The van der Waals surface area contributed by atoms with Crippen LogP contribution in [0, 0.1) is 10.1 Å². The van der Waals surface area contributed by atoms with Crippen LogP contribution in [0.4, 0.5) is 11.4 Å². The van der Waals surface area contributed by atoms with Gasteiger partial charge >= 0.3 is 5.97 Å². The van der Waals surface area contributed by atoms with E-state index in [0.29, 0.717) is 18.0 Å². The first-order valence-corrected chi connectivity index (χ1v) is 6.42. The number of nitro groups is 1. The predicted octanol–water partition coefficient (Wildman–Crippen LogP) is 2.05. The second-order valence-electron chi connectivity index (χ2n) is 4.63. The molecule has 2 rings (SSSR count). The fourth-order valence-corrected chi connectivity index (χ4v) is 2.05. The molecule has 0 heterocycles. The molecular weight excluding hydrogens is 264 g/mol. The molecule has 0 radical (unpaired) electrons. The van der Waals surface area contributed by atoms with Crippen molar-refractivity contribution >= 4 is 17.3 Å². The van der Waals surface area contributed by atoms with Crippen molar-refractivity contribution in [3.63, 3.8) is 0 Å². The number of anilines is 1. The number of non-ortho nitro benzene ring substituents is 1. The molecule has 7 heteroatoms. The molecule has 108 valence electrons. The van der Waals surface area contributed by atoms with Gasteiger partial charge in [0.05, 0.1) is 17.6 Å². The summed E-state index contributed by atoms with van der Waals surface area (Å²) in [4.78, 5) is 23.1. The van der Waals surface area contributed by atoms with Gasteiger partial charge in [-0.25, -0.2) is 0 Å². The monoisotopic (exact) mass is 280 g/mol. The van der Waals surface area contributed by atoms with Gasteiger partial charge in [0, 0.05) is 23.9 Å². The molecule has 0 unspecified atom stereocenters. The Morgan fingerprint density at radius 1 is 1.50 bits per heavy atom. The van der Waals surface area contributed by atoms with Crippen LogP contribution >= 0.6 is 0 Å². The molecule has 0 atom stereocenters. The summed E-state index contributed by atoms with van der Waals surface area (Å²) in [5.41, 5.74) is 0.425. The Labute approximate surface area is 115 Å². The van der Waals surface area contributed by atoms with Gasteiger partial charge in [0.2, 0.25) is 0 Å². The molecule has 0 amide bonds. The van der Waals surface area contributed by atoms with Gasteiger partial charge in [0.15, 0.2) is 0 Å². The van der Waals surface area contributed by atoms with E-state index in [2.05, 4.69) is 0 Å². The average Bonchev–Trinajstić information content (AvgIpc) is 3.20. The van der Waals surface area contributed by atoms with E-state index in [9.17, 15) is 14.9 Å². The first-order chi connectivity index (χ1) is 9.51. The van der Waals surface area contributed by atoms with E-state index in [-0.39, 0.29) is 18.3 Å². The minimum Gasteiger partial charge on any atom is -0.494 e. The minimum absolute atomic E-state index is 0.0954. The highest BCUT2D eigenvalue weighted by atomic mass is 16.6. The highest BCUT2D eigenvalue weighted by Crippen LogP contribution is 2.35. The number of carbonyl (C=O) groups is 1. The van der Waals surface area contributed by atoms with E-state index in [4.69, 9.17) is 9.84 Å². The lowest BCUT2D eigenvalue weighted by Crippen LogP contribution is -2.31. The van der Waals surface area contributed by atoms with E-state index < -0.39 is 10.9 Å². The second kappa shape index (κ2) is 5.77. The molecule has 0 aliphatic heterocycles. The number of hydrogen-bond acceptors (Lipinski definition) is 5. The third-order valence-corrected chi connectivity index (χ3v) is 3.02. The summed E-state index contributed by atoms with van der Waals surface area (Å²) >= 11 is 0. The fraction of sp³-hybridized carbons (Fsp3) is 0.462. The maximum absolute atomic E-state index is 11.0. The van der Waals surface area contributed by atoms with Crippen LogP contribution in [-0.4, -0.2) is 35.2 Å². The Kier molecular flexibility index (Phi) is 4.07. The topological polar surface area (TPSA) is 92.9 Å². The normalized spacial score (nSPS) is 13.8. The maximum Gasteiger partial charge on any atom is 0.323 e. The van der Waals surface area contributed by atoms with Crippen LogP contribution in [0.5, 0.6) is 5.75 Å². The Morgan fingerprint density at radius 3 is 2.70 bits per heavy atom. The molecule has 0 spiro atoms. The molecular formula is C13H16N2O5. The van der Waals surface area contributed by atoms with Crippen LogP contribution in [0.15, 0.2) is 18.2 Å². The number of nitro benzene ring substituents is 1. The van der Waals surface area contributed by atoms with Crippen molar-refractivity contribution in [3.05, 3.63) is 28.3 Å². The Balaban J connectivity index is 2.36. The first-order valence-electron chi connectivity index (χ1n) is 6.42. The lowest BCUT2D eigenvalue weighted by atomic mass is 10.2. The quantitative estimate of drug-likeness (QED) is 0.607. The van der Waals surface area contributed by atoms with Crippen molar-refractivity contribution < 1.29 is 19.6 Å². The van der Waals surface area contributed by atoms with Crippen LogP contribution in [0.2, 0.25) is 0 Å². The predicted molar refractivity (Wildman–Crippen MR) is 72.3 cm³/mol. The van der Waals surface area contributed by atoms with Crippen molar-refractivity contribution in [2.75, 3.05) is 18.1 Å². The number of hydrogen-bond donors (Lipinski definition) is 1. The fourth-order valence-electron chi connectivity index (χ4n) is 2.05. The van der Waals surface area contributed by atoms with Crippen LogP contribution in [0.3, 0.4) is 0 Å². The Bertz CT molecular complexity index is 527. The lowest BCUT2D eigenvalue weighted by molar-refractivity contribution is -0.384. The van der Waals surface area contributed by atoms with Crippen molar-refractivity contribution in [1.82, 2.24) is 0 Å². The van der Waals surface area contributed by atoms with Crippen molar-refractivity contribution in [1.29, 1.82) is 0 Å². The van der Waals surface area contributed by atoms with Crippen LogP contribution in [0.1, 0.15) is 19.8 Å². The third kappa shape index (κ3) is 3.37. The van der Waals surface area contributed by atoms with Crippen molar-refractivity contribution in [2.24, 2.45) is 0 Å².